The summed E-state index contributed by atoms with van der Waals surface area (Å²) < 4.78 is 24.7. The van der Waals surface area contributed by atoms with Crippen LogP contribution in [0.5, 0.6) is 11.5 Å². The van der Waals surface area contributed by atoms with Crippen molar-refractivity contribution in [2.75, 3.05) is 24.4 Å². The van der Waals surface area contributed by atoms with Gasteiger partial charge in [0.1, 0.15) is 5.82 Å². The topological polar surface area (TPSA) is 76.7 Å². The highest BCUT2D eigenvalue weighted by molar-refractivity contribution is 6.00. The molecule has 0 heterocycles. The lowest BCUT2D eigenvalue weighted by molar-refractivity contribution is -0.121. The summed E-state index contributed by atoms with van der Waals surface area (Å²) in [5.41, 5.74) is 1.01. The van der Waals surface area contributed by atoms with Crippen LogP contribution < -0.4 is 20.1 Å². The molecule has 34 heavy (non-hydrogen) atoms. The predicted molar refractivity (Wildman–Crippen MR) is 129 cm³/mol. The minimum atomic E-state index is -0.760. The molecule has 3 aromatic rings. The SMILES string of the molecule is COc1ccccc1OCC(=O)Nc1cccc(NC(=O)C2(c3cccc(F)c3)CCCC2)c1. The molecule has 0 bridgehead atoms. The Morgan fingerprint density at radius 1 is 0.882 bits per heavy atom. The van der Waals surface area contributed by atoms with Gasteiger partial charge in [-0.15, -0.1) is 0 Å². The van der Waals surface area contributed by atoms with E-state index in [1.165, 1.54) is 19.2 Å². The van der Waals surface area contributed by atoms with E-state index in [4.69, 9.17) is 9.47 Å². The van der Waals surface area contributed by atoms with Crippen LogP contribution in [-0.4, -0.2) is 25.5 Å². The zero-order valence-electron chi connectivity index (χ0n) is 19.0. The number of carbonyl (C=O) groups is 2. The molecule has 0 atom stereocenters. The quantitative estimate of drug-likeness (QED) is 0.476. The Morgan fingerprint density at radius 2 is 1.56 bits per heavy atom. The second kappa shape index (κ2) is 10.4. The fourth-order valence-corrected chi connectivity index (χ4v) is 4.42. The number of rotatable bonds is 8. The second-order valence-corrected chi connectivity index (χ2v) is 8.32. The molecular formula is C27H27FN2O4. The van der Waals surface area contributed by atoms with E-state index >= 15 is 0 Å². The first-order chi connectivity index (χ1) is 16.5. The molecule has 0 radical (unpaired) electrons. The van der Waals surface area contributed by atoms with Crippen molar-refractivity contribution in [3.05, 3.63) is 84.2 Å². The lowest BCUT2D eigenvalue weighted by atomic mass is 9.78. The highest BCUT2D eigenvalue weighted by Crippen LogP contribution is 2.42. The molecule has 7 heteroatoms. The summed E-state index contributed by atoms with van der Waals surface area (Å²) in [7, 11) is 1.53. The monoisotopic (exact) mass is 462 g/mol. The molecule has 0 unspecified atom stereocenters. The highest BCUT2D eigenvalue weighted by atomic mass is 19.1. The Labute approximate surface area is 198 Å². The second-order valence-electron chi connectivity index (χ2n) is 8.32. The van der Waals surface area contributed by atoms with Crippen molar-refractivity contribution in [2.24, 2.45) is 0 Å². The number of ether oxygens (including phenoxy) is 2. The number of para-hydroxylation sites is 2. The summed E-state index contributed by atoms with van der Waals surface area (Å²) in [4.78, 5) is 25.7. The predicted octanol–water partition coefficient (Wildman–Crippen LogP) is 5.30. The van der Waals surface area contributed by atoms with Crippen molar-refractivity contribution >= 4 is 23.2 Å². The molecule has 0 spiro atoms. The van der Waals surface area contributed by atoms with Crippen molar-refractivity contribution in [3.8, 4) is 11.5 Å². The van der Waals surface area contributed by atoms with Crippen molar-refractivity contribution < 1.29 is 23.5 Å². The van der Waals surface area contributed by atoms with E-state index in [1.54, 1.807) is 48.5 Å². The van der Waals surface area contributed by atoms with Gasteiger partial charge in [-0.1, -0.05) is 43.2 Å². The van der Waals surface area contributed by atoms with Crippen molar-refractivity contribution in [1.29, 1.82) is 0 Å². The van der Waals surface area contributed by atoms with Crippen LogP contribution in [0.15, 0.2) is 72.8 Å². The third kappa shape index (κ3) is 5.20. The normalized spacial score (nSPS) is 14.3. The molecule has 4 rings (SSSR count). The minimum absolute atomic E-state index is 0.168. The van der Waals surface area contributed by atoms with E-state index < -0.39 is 5.41 Å². The van der Waals surface area contributed by atoms with E-state index in [9.17, 15) is 14.0 Å². The van der Waals surface area contributed by atoms with E-state index in [2.05, 4.69) is 10.6 Å². The summed E-state index contributed by atoms with van der Waals surface area (Å²) in [6.45, 7) is -0.195. The van der Waals surface area contributed by atoms with Gasteiger partial charge in [0.15, 0.2) is 18.1 Å². The van der Waals surface area contributed by atoms with Gasteiger partial charge < -0.3 is 20.1 Å². The largest absolute Gasteiger partial charge is 0.493 e. The van der Waals surface area contributed by atoms with Crippen LogP contribution in [0.3, 0.4) is 0 Å². The fourth-order valence-electron chi connectivity index (χ4n) is 4.42. The van der Waals surface area contributed by atoms with Crippen molar-refractivity contribution in [1.82, 2.24) is 0 Å². The van der Waals surface area contributed by atoms with Gasteiger partial charge in [0, 0.05) is 11.4 Å². The van der Waals surface area contributed by atoms with E-state index in [1.807, 2.05) is 12.1 Å². The number of hydrogen-bond acceptors (Lipinski definition) is 4. The number of halogens is 1. The summed E-state index contributed by atoms with van der Waals surface area (Å²) in [5, 5.41) is 5.74. The van der Waals surface area contributed by atoms with Crippen LogP contribution in [0.4, 0.5) is 15.8 Å². The van der Waals surface area contributed by atoms with Gasteiger partial charge >= 0.3 is 0 Å². The maximum atomic E-state index is 13.9. The smallest absolute Gasteiger partial charge is 0.262 e. The standard InChI is InChI=1S/C27H27FN2O4/c1-33-23-12-2-3-13-24(23)34-18-25(31)29-21-10-7-11-22(17-21)30-26(32)27(14-4-5-15-27)19-8-6-9-20(28)16-19/h2-3,6-13,16-17H,4-5,14-15,18H2,1H3,(H,29,31)(H,30,32). The third-order valence-corrected chi connectivity index (χ3v) is 6.10. The van der Waals surface area contributed by atoms with Gasteiger partial charge in [0.2, 0.25) is 5.91 Å². The number of hydrogen-bond donors (Lipinski definition) is 2. The number of nitrogens with one attached hydrogen (secondary N) is 2. The summed E-state index contributed by atoms with van der Waals surface area (Å²) in [5.74, 6) is 0.149. The van der Waals surface area contributed by atoms with Gasteiger partial charge in [0.05, 0.1) is 12.5 Å². The molecule has 0 saturated heterocycles. The van der Waals surface area contributed by atoms with Gasteiger partial charge in [-0.25, -0.2) is 4.39 Å². The zero-order chi connectivity index (χ0) is 24.0. The maximum Gasteiger partial charge on any atom is 0.262 e. The fraction of sp³-hybridized carbons (Fsp3) is 0.259. The van der Waals surface area contributed by atoms with Gasteiger partial charge in [-0.3, -0.25) is 9.59 Å². The van der Waals surface area contributed by atoms with E-state index in [-0.39, 0.29) is 24.2 Å². The van der Waals surface area contributed by atoms with Crippen molar-refractivity contribution in [3.63, 3.8) is 0 Å². The molecule has 1 saturated carbocycles. The molecule has 0 aromatic heterocycles. The summed E-state index contributed by atoms with van der Waals surface area (Å²) in [6, 6.07) is 20.3. The molecule has 2 N–H and O–H groups in total. The first-order valence-corrected chi connectivity index (χ1v) is 11.2. The average Bonchev–Trinajstić information content (AvgIpc) is 3.35. The molecule has 1 aliphatic carbocycles. The van der Waals surface area contributed by atoms with E-state index in [0.29, 0.717) is 41.3 Å². The summed E-state index contributed by atoms with van der Waals surface area (Å²) >= 11 is 0. The Kier molecular flexibility index (Phi) is 7.11. The van der Waals surface area contributed by atoms with Crippen molar-refractivity contribution in [2.45, 2.75) is 31.1 Å². The van der Waals surface area contributed by atoms with E-state index in [0.717, 1.165) is 12.8 Å². The van der Waals surface area contributed by atoms with Gasteiger partial charge in [-0.2, -0.15) is 0 Å². The molecule has 0 aliphatic heterocycles. The number of benzene rings is 3. The van der Waals surface area contributed by atoms with Crippen LogP contribution in [-0.2, 0) is 15.0 Å². The first kappa shape index (κ1) is 23.3. The van der Waals surface area contributed by atoms with Crippen LogP contribution in [0.2, 0.25) is 0 Å². The minimum Gasteiger partial charge on any atom is -0.493 e. The molecule has 1 aliphatic rings. The Hall–Kier alpha value is -3.87. The zero-order valence-corrected chi connectivity index (χ0v) is 19.0. The number of amides is 2. The van der Waals surface area contributed by atoms with Crippen LogP contribution in [0.25, 0.3) is 0 Å². The number of anilines is 2. The average molecular weight is 463 g/mol. The molecule has 1 fully saturated rings. The lowest BCUT2D eigenvalue weighted by Crippen LogP contribution is -2.38. The maximum absolute atomic E-state index is 13.9. The number of carbonyl (C=O) groups excluding carboxylic acids is 2. The van der Waals surface area contributed by atoms with Crippen LogP contribution >= 0.6 is 0 Å². The Morgan fingerprint density at radius 3 is 2.26 bits per heavy atom. The summed E-state index contributed by atoms with van der Waals surface area (Å²) in [6.07, 6.45) is 3.15. The molecule has 3 aromatic carbocycles. The Bertz CT molecular complexity index is 1170. The van der Waals surface area contributed by atoms with Gasteiger partial charge in [0.25, 0.3) is 5.91 Å². The van der Waals surface area contributed by atoms with Crippen LogP contribution in [0, 0.1) is 5.82 Å². The molecule has 6 nitrogen and oxygen atoms in total. The molecule has 2 amide bonds. The third-order valence-electron chi connectivity index (χ3n) is 6.10. The number of methoxy groups -OCH3 is 1. The van der Waals surface area contributed by atoms with Crippen LogP contribution in [0.1, 0.15) is 31.2 Å². The Balaban J connectivity index is 1.42. The first-order valence-electron chi connectivity index (χ1n) is 11.2. The lowest BCUT2D eigenvalue weighted by Gasteiger charge is -2.28. The van der Waals surface area contributed by atoms with Gasteiger partial charge in [-0.05, 0) is 60.9 Å². The molecular weight excluding hydrogens is 435 g/mol. The molecule has 176 valence electrons. The highest BCUT2D eigenvalue weighted by Gasteiger charge is 2.42.